The van der Waals surface area contributed by atoms with Gasteiger partial charge in [-0.3, -0.25) is 20.4 Å². The highest BCUT2D eigenvalue weighted by molar-refractivity contribution is 7.14. The lowest BCUT2D eigenvalue weighted by atomic mass is 10.00. The van der Waals surface area contributed by atoms with Crippen LogP contribution >= 0.6 is 11.3 Å². The standard InChI is InChI=1S/C19H20N2O4S/c22-18(13-7-5-8-14-17(13)25-11-24-14)20-21-19(23)16-10-12-6-3-1-2-4-9-15(12)26-16/h5,7-8,10H,1-4,6,9,11H2,(H,20,22)(H,21,23). The van der Waals surface area contributed by atoms with Gasteiger partial charge >= 0.3 is 0 Å². The maximum Gasteiger partial charge on any atom is 0.279 e. The highest BCUT2D eigenvalue weighted by Crippen LogP contribution is 2.35. The van der Waals surface area contributed by atoms with Crippen LogP contribution in [0.1, 0.15) is 56.2 Å². The minimum Gasteiger partial charge on any atom is -0.454 e. The third-order valence-corrected chi connectivity index (χ3v) is 5.89. The molecule has 2 N–H and O–H groups in total. The van der Waals surface area contributed by atoms with Crippen LogP contribution in [-0.2, 0) is 12.8 Å². The number of rotatable bonds is 2. The number of fused-ring (bicyclic) bond motifs is 2. The zero-order valence-corrected chi connectivity index (χ0v) is 15.1. The predicted octanol–water partition coefficient (Wildman–Crippen LogP) is 3.21. The number of carbonyl (C=O) groups is 2. The molecule has 7 heteroatoms. The van der Waals surface area contributed by atoms with E-state index >= 15 is 0 Å². The number of nitrogens with one attached hydrogen (secondary N) is 2. The molecule has 2 amide bonds. The molecule has 2 aliphatic rings. The molecule has 136 valence electrons. The second kappa shape index (κ2) is 7.37. The number of ether oxygens (including phenoxy) is 2. The van der Waals surface area contributed by atoms with Gasteiger partial charge in [0.05, 0.1) is 10.4 Å². The van der Waals surface area contributed by atoms with Gasteiger partial charge in [0.25, 0.3) is 11.8 Å². The van der Waals surface area contributed by atoms with Crippen LogP contribution in [0.25, 0.3) is 0 Å². The summed E-state index contributed by atoms with van der Waals surface area (Å²) in [5, 5.41) is 0. The van der Waals surface area contributed by atoms with Crippen LogP contribution in [0, 0.1) is 0 Å². The van der Waals surface area contributed by atoms with E-state index in [1.807, 2.05) is 6.07 Å². The first kappa shape index (κ1) is 16.9. The van der Waals surface area contributed by atoms with Crippen LogP contribution < -0.4 is 20.3 Å². The largest absolute Gasteiger partial charge is 0.454 e. The second-order valence-corrected chi connectivity index (χ2v) is 7.56. The molecule has 1 aliphatic carbocycles. The fourth-order valence-electron chi connectivity index (χ4n) is 3.31. The minimum absolute atomic E-state index is 0.0900. The van der Waals surface area contributed by atoms with Crippen molar-refractivity contribution in [2.45, 2.75) is 38.5 Å². The summed E-state index contributed by atoms with van der Waals surface area (Å²) in [5.41, 5.74) is 6.58. The Hall–Kier alpha value is -2.54. The van der Waals surface area contributed by atoms with Gasteiger partial charge in [0.1, 0.15) is 0 Å². The summed E-state index contributed by atoms with van der Waals surface area (Å²) < 4.78 is 10.6. The van der Waals surface area contributed by atoms with E-state index in [1.54, 1.807) is 18.2 Å². The van der Waals surface area contributed by atoms with Gasteiger partial charge < -0.3 is 9.47 Å². The van der Waals surface area contributed by atoms with Crippen LogP contribution in [0.5, 0.6) is 11.5 Å². The van der Waals surface area contributed by atoms with E-state index in [9.17, 15) is 9.59 Å². The number of carbonyl (C=O) groups excluding carboxylic acids is 2. The molecule has 0 unspecified atom stereocenters. The second-order valence-electron chi connectivity index (χ2n) is 6.42. The number of thiophene rings is 1. The van der Waals surface area contributed by atoms with Crippen molar-refractivity contribution in [2.24, 2.45) is 0 Å². The van der Waals surface area contributed by atoms with E-state index in [1.165, 1.54) is 47.5 Å². The van der Waals surface area contributed by atoms with Crippen LogP contribution in [0.2, 0.25) is 0 Å². The third-order valence-electron chi connectivity index (χ3n) is 4.65. The Kier molecular flexibility index (Phi) is 4.79. The molecule has 0 spiro atoms. The lowest BCUT2D eigenvalue weighted by molar-refractivity contribution is 0.0846. The topological polar surface area (TPSA) is 76.7 Å². The molecule has 0 saturated heterocycles. The minimum atomic E-state index is -0.435. The summed E-state index contributed by atoms with van der Waals surface area (Å²) in [4.78, 5) is 26.7. The highest BCUT2D eigenvalue weighted by Gasteiger charge is 2.22. The van der Waals surface area contributed by atoms with Crippen LogP contribution in [0.15, 0.2) is 24.3 Å². The van der Waals surface area contributed by atoms with Gasteiger partial charge in [0.2, 0.25) is 6.79 Å². The van der Waals surface area contributed by atoms with Gasteiger partial charge in [0.15, 0.2) is 11.5 Å². The Morgan fingerprint density at radius 2 is 1.77 bits per heavy atom. The summed E-state index contributed by atoms with van der Waals surface area (Å²) >= 11 is 1.53. The zero-order valence-electron chi connectivity index (χ0n) is 14.3. The van der Waals surface area contributed by atoms with E-state index < -0.39 is 5.91 Å². The van der Waals surface area contributed by atoms with Gasteiger partial charge in [-0.1, -0.05) is 18.9 Å². The molecule has 0 fully saturated rings. The van der Waals surface area contributed by atoms with Crippen LogP contribution in [0.3, 0.4) is 0 Å². The lowest BCUT2D eigenvalue weighted by Crippen LogP contribution is -2.41. The fraction of sp³-hybridized carbons (Fsp3) is 0.368. The lowest BCUT2D eigenvalue weighted by Gasteiger charge is -2.08. The number of hydrogen-bond acceptors (Lipinski definition) is 5. The number of benzene rings is 1. The van der Waals surface area contributed by atoms with Crippen molar-refractivity contribution in [1.29, 1.82) is 0 Å². The molecule has 1 aromatic heterocycles. The molecule has 1 aromatic carbocycles. The monoisotopic (exact) mass is 372 g/mol. The molecule has 4 rings (SSSR count). The molecule has 2 aromatic rings. The SMILES string of the molecule is O=C(NNC(=O)c1cccc2c1OCO2)c1cc2c(s1)CCCCCC2. The maximum absolute atomic E-state index is 12.4. The van der Waals surface area contributed by atoms with E-state index in [-0.39, 0.29) is 12.7 Å². The first-order chi connectivity index (χ1) is 12.7. The Bertz CT molecular complexity index is 821. The first-order valence-electron chi connectivity index (χ1n) is 8.83. The van der Waals surface area contributed by atoms with Crippen molar-refractivity contribution in [3.63, 3.8) is 0 Å². The summed E-state index contributed by atoms with van der Waals surface area (Å²) in [5.74, 6) is 0.204. The van der Waals surface area contributed by atoms with Crippen molar-refractivity contribution < 1.29 is 19.1 Å². The summed E-state index contributed by atoms with van der Waals surface area (Å²) in [7, 11) is 0. The predicted molar refractivity (Wildman–Crippen MR) is 97.7 cm³/mol. The van der Waals surface area contributed by atoms with Crippen LogP contribution in [0.4, 0.5) is 0 Å². The van der Waals surface area contributed by atoms with Gasteiger partial charge in [-0.2, -0.15) is 0 Å². The molecule has 1 aliphatic heterocycles. The van der Waals surface area contributed by atoms with Crippen LogP contribution in [-0.4, -0.2) is 18.6 Å². The molecular formula is C19H20N2O4S. The molecular weight excluding hydrogens is 352 g/mol. The smallest absolute Gasteiger partial charge is 0.279 e. The number of amides is 2. The Morgan fingerprint density at radius 3 is 2.65 bits per heavy atom. The van der Waals surface area contributed by atoms with E-state index in [0.29, 0.717) is 21.9 Å². The molecule has 26 heavy (non-hydrogen) atoms. The Balaban J connectivity index is 1.42. The first-order valence-corrected chi connectivity index (χ1v) is 9.65. The van der Waals surface area contributed by atoms with E-state index in [4.69, 9.17) is 9.47 Å². The van der Waals surface area contributed by atoms with Gasteiger partial charge in [0, 0.05) is 4.88 Å². The van der Waals surface area contributed by atoms with Crippen molar-refractivity contribution >= 4 is 23.2 Å². The van der Waals surface area contributed by atoms with Gasteiger partial charge in [-0.05, 0) is 49.4 Å². The van der Waals surface area contributed by atoms with Crippen molar-refractivity contribution in [3.8, 4) is 11.5 Å². The molecule has 0 radical (unpaired) electrons. The number of hydrazine groups is 1. The number of para-hydroxylation sites is 1. The van der Waals surface area contributed by atoms with Crippen molar-refractivity contribution in [1.82, 2.24) is 10.9 Å². The molecule has 0 bridgehead atoms. The number of aryl methyl sites for hydroxylation is 2. The van der Waals surface area contributed by atoms with Gasteiger partial charge in [-0.15, -0.1) is 11.3 Å². The molecule has 0 atom stereocenters. The zero-order chi connectivity index (χ0) is 17.9. The highest BCUT2D eigenvalue weighted by atomic mass is 32.1. The fourth-order valence-corrected chi connectivity index (χ4v) is 4.46. The molecule has 2 heterocycles. The normalized spacial score (nSPS) is 15.5. The van der Waals surface area contributed by atoms with Crippen molar-refractivity contribution in [3.05, 3.63) is 45.1 Å². The quantitative estimate of drug-likeness (QED) is 0.794. The average molecular weight is 372 g/mol. The number of hydrogen-bond donors (Lipinski definition) is 2. The maximum atomic E-state index is 12.4. The van der Waals surface area contributed by atoms with Gasteiger partial charge in [-0.25, -0.2) is 0 Å². The summed E-state index contributed by atoms with van der Waals surface area (Å²) in [6.45, 7) is 0.0900. The third kappa shape index (κ3) is 3.39. The average Bonchev–Trinajstić information content (AvgIpc) is 3.26. The summed E-state index contributed by atoms with van der Waals surface area (Å²) in [6, 6.07) is 7.04. The Labute approximate surface area is 155 Å². The summed E-state index contributed by atoms with van der Waals surface area (Å²) in [6.07, 6.45) is 6.91. The molecule has 0 saturated carbocycles. The Morgan fingerprint density at radius 1 is 0.962 bits per heavy atom. The molecule has 6 nitrogen and oxygen atoms in total. The van der Waals surface area contributed by atoms with Crippen molar-refractivity contribution in [2.75, 3.05) is 6.79 Å². The van der Waals surface area contributed by atoms with E-state index in [0.717, 1.165) is 12.8 Å². The van der Waals surface area contributed by atoms with E-state index in [2.05, 4.69) is 10.9 Å².